The number of hydrogen-bond acceptors (Lipinski definition) is 2. The third-order valence-electron chi connectivity index (χ3n) is 4.55. The molecule has 0 radical (unpaired) electrons. The fraction of sp³-hybridized carbons (Fsp3) is 0.529. The fourth-order valence-electron chi connectivity index (χ4n) is 3.35. The molecule has 1 heterocycles. The highest BCUT2D eigenvalue weighted by Crippen LogP contribution is 2.26. The second kappa shape index (κ2) is 6.29. The first kappa shape index (κ1) is 14.1. The minimum absolute atomic E-state index is 0.0246. The van der Waals surface area contributed by atoms with Crippen LogP contribution in [0.15, 0.2) is 30.3 Å². The number of para-hydroxylation sites is 1. The maximum Gasteiger partial charge on any atom is 0.246 e. The van der Waals surface area contributed by atoms with E-state index in [0.29, 0.717) is 13.1 Å². The van der Waals surface area contributed by atoms with E-state index < -0.39 is 0 Å². The smallest absolute Gasteiger partial charge is 0.246 e. The molecule has 2 amide bonds. The van der Waals surface area contributed by atoms with Gasteiger partial charge >= 0.3 is 0 Å². The van der Waals surface area contributed by atoms with Crippen molar-refractivity contribution in [3.63, 3.8) is 0 Å². The number of nitrogens with zero attached hydrogens (tertiary/aromatic N) is 2. The van der Waals surface area contributed by atoms with Gasteiger partial charge < -0.3 is 9.80 Å². The number of carbonyl (C=O) groups excluding carboxylic acids is 2. The van der Waals surface area contributed by atoms with E-state index in [-0.39, 0.29) is 24.3 Å². The van der Waals surface area contributed by atoms with Crippen molar-refractivity contribution in [2.75, 3.05) is 24.5 Å². The SMILES string of the molecule is O=C(C1CCCCC1)N1CCN(c2ccccc2)C(=O)C1. The molecule has 0 N–H and O–H groups in total. The molecule has 0 spiro atoms. The summed E-state index contributed by atoms with van der Waals surface area (Å²) in [6.07, 6.45) is 5.52. The van der Waals surface area contributed by atoms with Crippen LogP contribution in [0.5, 0.6) is 0 Å². The fourth-order valence-corrected chi connectivity index (χ4v) is 3.35. The van der Waals surface area contributed by atoms with E-state index in [4.69, 9.17) is 0 Å². The maximum atomic E-state index is 12.5. The van der Waals surface area contributed by atoms with Crippen molar-refractivity contribution >= 4 is 17.5 Å². The summed E-state index contributed by atoms with van der Waals surface area (Å²) in [5.74, 6) is 0.363. The number of hydrogen-bond donors (Lipinski definition) is 0. The van der Waals surface area contributed by atoms with Crippen molar-refractivity contribution in [3.8, 4) is 0 Å². The van der Waals surface area contributed by atoms with E-state index in [0.717, 1.165) is 31.4 Å². The first-order valence-corrected chi connectivity index (χ1v) is 7.90. The van der Waals surface area contributed by atoms with Crippen molar-refractivity contribution in [2.45, 2.75) is 32.1 Å². The molecule has 0 atom stereocenters. The van der Waals surface area contributed by atoms with Gasteiger partial charge in [-0.05, 0) is 25.0 Å². The molecule has 4 nitrogen and oxygen atoms in total. The zero-order valence-corrected chi connectivity index (χ0v) is 12.3. The summed E-state index contributed by atoms with van der Waals surface area (Å²) < 4.78 is 0. The van der Waals surface area contributed by atoms with E-state index in [2.05, 4.69) is 0 Å². The van der Waals surface area contributed by atoms with Gasteiger partial charge in [0.1, 0.15) is 6.54 Å². The van der Waals surface area contributed by atoms with Gasteiger partial charge in [0, 0.05) is 24.7 Å². The molecule has 0 unspecified atom stereocenters. The Morgan fingerprint density at radius 2 is 1.71 bits per heavy atom. The Hall–Kier alpha value is -1.84. The lowest BCUT2D eigenvalue weighted by atomic mass is 9.88. The zero-order valence-electron chi connectivity index (χ0n) is 12.3. The molecule has 21 heavy (non-hydrogen) atoms. The summed E-state index contributed by atoms with van der Waals surface area (Å²) in [7, 11) is 0. The van der Waals surface area contributed by atoms with E-state index in [1.165, 1.54) is 6.42 Å². The molecule has 112 valence electrons. The third-order valence-corrected chi connectivity index (χ3v) is 4.55. The number of carbonyl (C=O) groups is 2. The van der Waals surface area contributed by atoms with Crippen LogP contribution in [0.3, 0.4) is 0 Å². The van der Waals surface area contributed by atoms with Gasteiger partial charge in [-0.25, -0.2) is 0 Å². The Morgan fingerprint density at radius 3 is 2.38 bits per heavy atom. The average Bonchev–Trinajstić information content (AvgIpc) is 2.55. The van der Waals surface area contributed by atoms with Gasteiger partial charge in [-0.15, -0.1) is 0 Å². The predicted molar refractivity (Wildman–Crippen MR) is 82.0 cm³/mol. The monoisotopic (exact) mass is 286 g/mol. The van der Waals surface area contributed by atoms with Crippen LogP contribution in [-0.2, 0) is 9.59 Å². The van der Waals surface area contributed by atoms with Crippen LogP contribution in [0.1, 0.15) is 32.1 Å². The van der Waals surface area contributed by atoms with E-state index in [1.54, 1.807) is 9.80 Å². The quantitative estimate of drug-likeness (QED) is 0.838. The molecule has 4 heteroatoms. The Kier molecular flexibility index (Phi) is 4.23. The highest BCUT2D eigenvalue weighted by atomic mass is 16.2. The molecular formula is C17H22N2O2. The average molecular weight is 286 g/mol. The maximum absolute atomic E-state index is 12.5. The molecule has 1 aliphatic carbocycles. The number of anilines is 1. The van der Waals surface area contributed by atoms with Crippen molar-refractivity contribution in [1.29, 1.82) is 0 Å². The Labute approximate surface area is 125 Å². The van der Waals surface area contributed by atoms with Crippen LogP contribution in [0.25, 0.3) is 0 Å². The lowest BCUT2D eigenvalue weighted by molar-refractivity contribution is -0.141. The number of rotatable bonds is 2. The Balaban J connectivity index is 1.63. The molecule has 1 saturated heterocycles. The summed E-state index contributed by atoms with van der Waals surface area (Å²) in [4.78, 5) is 28.4. The molecule has 1 aromatic carbocycles. The largest absolute Gasteiger partial charge is 0.331 e. The van der Waals surface area contributed by atoms with Gasteiger partial charge in [-0.3, -0.25) is 9.59 Å². The molecular weight excluding hydrogens is 264 g/mol. The Morgan fingerprint density at radius 1 is 1.00 bits per heavy atom. The lowest BCUT2D eigenvalue weighted by Crippen LogP contribution is -2.53. The highest BCUT2D eigenvalue weighted by Gasteiger charge is 2.32. The summed E-state index contributed by atoms with van der Waals surface area (Å²) >= 11 is 0. The van der Waals surface area contributed by atoms with Crippen LogP contribution < -0.4 is 4.90 Å². The van der Waals surface area contributed by atoms with Gasteiger partial charge in [0.2, 0.25) is 11.8 Å². The normalized spacial score (nSPS) is 20.7. The van der Waals surface area contributed by atoms with Crippen molar-refractivity contribution in [3.05, 3.63) is 30.3 Å². The first-order chi connectivity index (χ1) is 10.3. The van der Waals surface area contributed by atoms with Crippen molar-refractivity contribution < 1.29 is 9.59 Å². The van der Waals surface area contributed by atoms with Crippen LogP contribution in [0, 0.1) is 5.92 Å². The molecule has 0 aromatic heterocycles. The second-order valence-corrected chi connectivity index (χ2v) is 5.98. The molecule has 1 aromatic rings. The molecule has 1 aliphatic heterocycles. The number of benzene rings is 1. The topological polar surface area (TPSA) is 40.6 Å². The Bertz CT molecular complexity index is 509. The third kappa shape index (κ3) is 3.09. The molecule has 0 bridgehead atoms. The van der Waals surface area contributed by atoms with Gasteiger partial charge in [-0.2, -0.15) is 0 Å². The second-order valence-electron chi connectivity index (χ2n) is 5.98. The van der Waals surface area contributed by atoms with Gasteiger partial charge in [0.15, 0.2) is 0 Å². The predicted octanol–water partition coefficient (Wildman–Crippen LogP) is 2.44. The van der Waals surface area contributed by atoms with Crippen molar-refractivity contribution in [1.82, 2.24) is 4.90 Å². The minimum Gasteiger partial charge on any atom is -0.331 e. The van der Waals surface area contributed by atoms with Crippen LogP contribution >= 0.6 is 0 Å². The van der Waals surface area contributed by atoms with Gasteiger partial charge in [0.25, 0.3) is 0 Å². The van der Waals surface area contributed by atoms with Crippen molar-refractivity contribution in [2.24, 2.45) is 5.92 Å². The summed E-state index contributed by atoms with van der Waals surface area (Å²) in [5.41, 5.74) is 0.923. The summed E-state index contributed by atoms with van der Waals surface area (Å²) in [6.45, 7) is 1.47. The zero-order chi connectivity index (χ0) is 14.7. The van der Waals surface area contributed by atoms with E-state index in [9.17, 15) is 9.59 Å². The highest BCUT2D eigenvalue weighted by molar-refractivity contribution is 5.98. The summed E-state index contributed by atoms with van der Waals surface area (Å²) in [6, 6.07) is 9.69. The molecule has 3 rings (SSSR count). The molecule has 2 aliphatic rings. The van der Waals surface area contributed by atoms with Crippen LogP contribution in [0.4, 0.5) is 5.69 Å². The van der Waals surface area contributed by atoms with Crippen LogP contribution in [-0.4, -0.2) is 36.3 Å². The van der Waals surface area contributed by atoms with Crippen LogP contribution in [0.2, 0.25) is 0 Å². The summed E-state index contributed by atoms with van der Waals surface area (Å²) in [5, 5.41) is 0. The van der Waals surface area contributed by atoms with E-state index in [1.807, 2.05) is 30.3 Å². The first-order valence-electron chi connectivity index (χ1n) is 7.90. The van der Waals surface area contributed by atoms with Gasteiger partial charge in [0.05, 0.1) is 0 Å². The number of amides is 2. The molecule has 1 saturated carbocycles. The minimum atomic E-state index is 0.0246. The van der Waals surface area contributed by atoms with Gasteiger partial charge in [-0.1, -0.05) is 37.5 Å². The lowest BCUT2D eigenvalue weighted by Gasteiger charge is -2.36. The molecule has 2 fully saturated rings. The number of piperazine rings is 1. The standard InChI is InChI=1S/C17H22N2O2/c20-16-13-18(17(21)14-7-3-1-4-8-14)11-12-19(16)15-9-5-2-6-10-15/h2,5-6,9-10,14H,1,3-4,7-8,11-13H2. The van der Waals surface area contributed by atoms with E-state index >= 15 is 0 Å².